The Hall–Kier alpha value is -2.25. The maximum atomic E-state index is 12.8. The van der Waals surface area contributed by atoms with Gasteiger partial charge in [0.1, 0.15) is 11.4 Å². The van der Waals surface area contributed by atoms with Gasteiger partial charge in [0.15, 0.2) is 0 Å². The lowest BCUT2D eigenvalue weighted by Gasteiger charge is -2.27. The Morgan fingerprint density at radius 3 is 2.44 bits per heavy atom. The van der Waals surface area contributed by atoms with Crippen molar-refractivity contribution in [1.29, 1.82) is 0 Å². The van der Waals surface area contributed by atoms with E-state index in [1.165, 1.54) is 35.6 Å². The first kappa shape index (κ1) is 17.6. The summed E-state index contributed by atoms with van der Waals surface area (Å²) in [5.41, 5.74) is -0.434. The third-order valence-corrected chi connectivity index (χ3v) is 5.33. The number of thiophene rings is 1. The SMILES string of the molecule is O=C(NCc1ccc(F)cc1)C(=O)NC[C@@](O)(c1cccs1)C1CC1. The molecule has 1 saturated carbocycles. The molecule has 1 atom stereocenters. The molecule has 2 aromatic rings. The molecule has 1 aliphatic carbocycles. The summed E-state index contributed by atoms with van der Waals surface area (Å²) in [5, 5.41) is 17.8. The van der Waals surface area contributed by atoms with E-state index in [-0.39, 0.29) is 24.8 Å². The molecular formula is C18H19FN2O3S. The zero-order valence-corrected chi connectivity index (χ0v) is 14.3. The lowest BCUT2D eigenvalue weighted by atomic mass is 9.95. The van der Waals surface area contributed by atoms with Gasteiger partial charge in [-0.1, -0.05) is 18.2 Å². The van der Waals surface area contributed by atoms with Crippen LogP contribution in [-0.2, 0) is 21.7 Å². The summed E-state index contributed by atoms with van der Waals surface area (Å²) in [7, 11) is 0. The molecule has 0 bridgehead atoms. The van der Waals surface area contributed by atoms with Gasteiger partial charge in [-0.2, -0.15) is 0 Å². The number of hydrogen-bond acceptors (Lipinski definition) is 4. The minimum atomic E-state index is -1.12. The summed E-state index contributed by atoms with van der Waals surface area (Å²) in [6, 6.07) is 9.34. The molecule has 2 amide bonds. The quantitative estimate of drug-likeness (QED) is 0.687. The molecule has 1 aromatic heterocycles. The second-order valence-electron chi connectivity index (χ2n) is 6.17. The van der Waals surface area contributed by atoms with Gasteiger partial charge < -0.3 is 15.7 Å². The Morgan fingerprint density at radius 1 is 1.16 bits per heavy atom. The zero-order chi connectivity index (χ0) is 17.9. The van der Waals surface area contributed by atoms with Gasteiger partial charge in [0.25, 0.3) is 0 Å². The summed E-state index contributed by atoms with van der Waals surface area (Å²) >= 11 is 1.43. The van der Waals surface area contributed by atoms with Crippen molar-refractivity contribution in [2.45, 2.75) is 25.0 Å². The summed E-state index contributed by atoms with van der Waals surface area (Å²) in [5.74, 6) is -1.83. The van der Waals surface area contributed by atoms with Gasteiger partial charge in [-0.15, -0.1) is 11.3 Å². The Bertz CT molecular complexity index is 744. The highest BCUT2D eigenvalue weighted by Crippen LogP contribution is 2.46. The minimum Gasteiger partial charge on any atom is -0.382 e. The monoisotopic (exact) mass is 362 g/mol. The average molecular weight is 362 g/mol. The topological polar surface area (TPSA) is 78.4 Å². The second-order valence-corrected chi connectivity index (χ2v) is 7.12. The molecule has 3 N–H and O–H groups in total. The van der Waals surface area contributed by atoms with Gasteiger partial charge in [0.2, 0.25) is 0 Å². The van der Waals surface area contributed by atoms with Gasteiger partial charge in [-0.3, -0.25) is 9.59 Å². The maximum absolute atomic E-state index is 12.8. The fourth-order valence-electron chi connectivity index (χ4n) is 2.68. The largest absolute Gasteiger partial charge is 0.382 e. The molecule has 0 saturated heterocycles. The van der Waals surface area contributed by atoms with Crippen molar-refractivity contribution < 1.29 is 19.1 Å². The normalized spacial score (nSPS) is 16.1. The Morgan fingerprint density at radius 2 is 1.84 bits per heavy atom. The average Bonchev–Trinajstić information content (AvgIpc) is 3.33. The number of aliphatic hydroxyl groups is 1. The minimum absolute atomic E-state index is 0.000974. The van der Waals surface area contributed by atoms with E-state index < -0.39 is 17.4 Å². The molecule has 1 fully saturated rings. The standard InChI is InChI=1S/C18H19FN2O3S/c19-14-7-3-12(4-8-14)10-20-16(22)17(23)21-11-18(24,13-5-6-13)15-2-1-9-25-15/h1-4,7-9,13,24H,5-6,10-11H2,(H,20,22)(H,21,23)/t18-/m0/s1. The van der Waals surface area contributed by atoms with Crippen LogP contribution in [-0.4, -0.2) is 23.5 Å². The zero-order valence-electron chi connectivity index (χ0n) is 13.5. The summed E-state index contributed by atoms with van der Waals surface area (Å²) < 4.78 is 12.8. The molecular weight excluding hydrogens is 343 g/mol. The highest BCUT2D eigenvalue weighted by Gasteiger charge is 2.46. The van der Waals surface area contributed by atoms with E-state index in [1.807, 2.05) is 17.5 Å². The van der Waals surface area contributed by atoms with Crippen LogP contribution in [0, 0.1) is 11.7 Å². The molecule has 5 nitrogen and oxygen atoms in total. The smallest absolute Gasteiger partial charge is 0.309 e. The molecule has 7 heteroatoms. The lowest BCUT2D eigenvalue weighted by Crippen LogP contribution is -2.47. The number of rotatable bonds is 6. The predicted octanol–water partition coefficient (Wildman–Crippen LogP) is 1.92. The first-order valence-electron chi connectivity index (χ1n) is 8.06. The highest BCUT2D eigenvalue weighted by molar-refractivity contribution is 7.10. The van der Waals surface area contributed by atoms with E-state index in [0.29, 0.717) is 5.56 Å². The molecule has 0 spiro atoms. The van der Waals surface area contributed by atoms with Crippen LogP contribution in [0.15, 0.2) is 41.8 Å². The van der Waals surface area contributed by atoms with Crippen molar-refractivity contribution >= 4 is 23.2 Å². The van der Waals surface area contributed by atoms with E-state index in [9.17, 15) is 19.1 Å². The maximum Gasteiger partial charge on any atom is 0.309 e. The summed E-state index contributed by atoms with van der Waals surface area (Å²) in [6.07, 6.45) is 1.81. The van der Waals surface area contributed by atoms with Gasteiger partial charge in [-0.25, -0.2) is 4.39 Å². The van der Waals surface area contributed by atoms with Gasteiger partial charge in [-0.05, 0) is 47.9 Å². The van der Waals surface area contributed by atoms with Crippen LogP contribution < -0.4 is 10.6 Å². The van der Waals surface area contributed by atoms with Crippen LogP contribution in [0.4, 0.5) is 4.39 Å². The fraction of sp³-hybridized carbons (Fsp3) is 0.333. The van der Waals surface area contributed by atoms with Crippen LogP contribution in [0.2, 0.25) is 0 Å². The van der Waals surface area contributed by atoms with Crippen molar-refractivity contribution in [3.8, 4) is 0 Å². The van der Waals surface area contributed by atoms with E-state index in [2.05, 4.69) is 10.6 Å². The van der Waals surface area contributed by atoms with Gasteiger partial charge in [0, 0.05) is 11.4 Å². The molecule has 1 heterocycles. The van der Waals surface area contributed by atoms with E-state index in [1.54, 1.807) is 0 Å². The van der Waals surface area contributed by atoms with Crippen molar-refractivity contribution in [3.63, 3.8) is 0 Å². The number of amides is 2. The van der Waals surface area contributed by atoms with E-state index in [4.69, 9.17) is 0 Å². The molecule has 0 unspecified atom stereocenters. The Kier molecular flexibility index (Phi) is 5.15. The summed E-state index contributed by atoms with van der Waals surface area (Å²) in [4.78, 5) is 24.7. The van der Waals surface area contributed by atoms with Crippen molar-refractivity contribution in [2.24, 2.45) is 5.92 Å². The number of halogens is 1. The van der Waals surface area contributed by atoms with E-state index in [0.717, 1.165) is 17.7 Å². The third kappa shape index (κ3) is 4.24. The van der Waals surface area contributed by atoms with Crippen LogP contribution in [0.3, 0.4) is 0 Å². The highest BCUT2D eigenvalue weighted by atomic mass is 32.1. The molecule has 1 aromatic carbocycles. The Balaban J connectivity index is 1.52. The molecule has 1 aliphatic rings. The van der Waals surface area contributed by atoms with Crippen molar-refractivity contribution in [2.75, 3.05) is 6.54 Å². The summed E-state index contributed by atoms with van der Waals surface area (Å²) in [6.45, 7) is 0.130. The third-order valence-electron chi connectivity index (χ3n) is 4.29. The van der Waals surface area contributed by atoms with Crippen LogP contribution in [0.1, 0.15) is 23.3 Å². The number of carbonyl (C=O) groups is 2. The van der Waals surface area contributed by atoms with Crippen LogP contribution >= 0.6 is 11.3 Å². The predicted molar refractivity (Wildman–Crippen MR) is 92.2 cm³/mol. The van der Waals surface area contributed by atoms with Crippen LogP contribution in [0.25, 0.3) is 0 Å². The molecule has 132 valence electrons. The van der Waals surface area contributed by atoms with Crippen molar-refractivity contribution in [1.82, 2.24) is 10.6 Å². The second kappa shape index (κ2) is 7.33. The fourth-order valence-corrected chi connectivity index (χ4v) is 3.58. The lowest BCUT2D eigenvalue weighted by molar-refractivity contribution is -0.140. The van der Waals surface area contributed by atoms with Gasteiger partial charge >= 0.3 is 11.8 Å². The first-order valence-corrected chi connectivity index (χ1v) is 8.94. The first-order chi connectivity index (χ1) is 12.0. The molecule has 3 rings (SSSR count). The van der Waals surface area contributed by atoms with Crippen molar-refractivity contribution in [3.05, 3.63) is 58.0 Å². The number of hydrogen-bond donors (Lipinski definition) is 3. The van der Waals surface area contributed by atoms with Gasteiger partial charge in [0.05, 0.1) is 6.54 Å². The van der Waals surface area contributed by atoms with E-state index >= 15 is 0 Å². The number of benzene rings is 1. The molecule has 25 heavy (non-hydrogen) atoms. The Labute approximate surface area is 148 Å². The number of carbonyl (C=O) groups excluding carboxylic acids is 2. The number of nitrogens with one attached hydrogen (secondary N) is 2. The molecule has 0 aliphatic heterocycles. The molecule has 0 radical (unpaired) electrons. The van der Waals surface area contributed by atoms with Crippen LogP contribution in [0.5, 0.6) is 0 Å².